The highest BCUT2D eigenvalue weighted by molar-refractivity contribution is 5.28. The van der Waals surface area contributed by atoms with E-state index in [0.717, 1.165) is 25.7 Å². The van der Waals surface area contributed by atoms with Crippen LogP contribution in [0, 0.1) is 5.92 Å². The summed E-state index contributed by atoms with van der Waals surface area (Å²) >= 11 is 0. The molecule has 2 aliphatic carbocycles. The lowest BCUT2D eigenvalue weighted by Crippen LogP contribution is -2.36. The standard InChI is InChI=1S/C18H28O2/c1-13-5-7-17(8-6-13)15(3)16(4)18(20-19)11-9-14(2)10-12-18/h5,9,17,19H,6-8,10-12H2,1-4H3/b16-15+. The maximum absolute atomic E-state index is 9.51. The predicted molar refractivity (Wildman–Crippen MR) is 83.5 cm³/mol. The molecule has 2 rings (SSSR count). The van der Waals surface area contributed by atoms with Crippen molar-refractivity contribution in [3.63, 3.8) is 0 Å². The van der Waals surface area contributed by atoms with Crippen molar-refractivity contribution in [1.82, 2.24) is 0 Å². The summed E-state index contributed by atoms with van der Waals surface area (Å²) in [6.45, 7) is 8.74. The van der Waals surface area contributed by atoms with Gasteiger partial charge in [-0.1, -0.05) is 28.9 Å². The summed E-state index contributed by atoms with van der Waals surface area (Å²) < 4.78 is 0. The van der Waals surface area contributed by atoms with Crippen LogP contribution >= 0.6 is 0 Å². The molecule has 0 aromatic carbocycles. The SMILES string of the molecule is CC1=CCC(/C(C)=C(\C)C2(OO)CC=C(C)CC2)CC1. The molecule has 0 aromatic heterocycles. The maximum Gasteiger partial charge on any atom is 0.128 e. The average Bonchev–Trinajstić information content (AvgIpc) is 2.48. The van der Waals surface area contributed by atoms with E-state index in [1.807, 2.05) is 0 Å². The molecule has 2 aliphatic rings. The van der Waals surface area contributed by atoms with Gasteiger partial charge in [0.1, 0.15) is 5.60 Å². The summed E-state index contributed by atoms with van der Waals surface area (Å²) in [6, 6.07) is 0. The van der Waals surface area contributed by atoms with Crippen molar-refractivity contribution in [3.05, 3.63) is 34.4 Å². The summed E-state index contributed by atoms with van der Waals surface area (Å²) in [7, 11) is 0. The molecule has 2 heteroatoms. The van der Waals surface area contributed by atoms with Crippen LogP contribution < -0.4 is 0 Å². The highest BCUT2D eigenvalue weighted by Gasteiger charge is 2.36. The fourth-order valence-electron chi connectivity index (χ4n) is 3.46. The van der Waals surface area contributed by atoms with Gasteiger partial charge in [-0.05, 0) is 71.3 Å². The summed E-state index contributed by atoms with van der Waals surface area (Å²) in [6.07, 6.45) is 10.8. The molecular formula is C18H28O2. The molecule has 0 saturated heterocycles. The van der Waals surface area contributed by atoms with Crippen LogP contribution in [0.1, 0.15) is 66.2 Å². The first kappa shape index (κ1) is 15.5. The summed E-state index contributed by atoms with van der Waals surface area (Å²) in [5.41, 5.74) is 5.08. The fraction of sp³-hybridized carbons (Fsp3) is 0.667. The Balaban J connectivity index is 2.23. The van der Waals surface area contributed by atoms with Crippen LogP contribution in [0.5, 0.6) is 0 Å². The first-order chi connectivity index (χ1) is 9.48. The number of hydrogen-bond acceptors (Lipinski definition) is 2. The van der Waals surface area contributed by atoms with Crippen LogP contribution in [0.4, 0.5) is 0 Å². The zero-order valence-corrected chi connectivity index (χ0v) is 13.3. The van der Waals surface area contributed by atoms with Gasteiger partial charge in [-0.3, -0.25) is 5.26 Å². The Morgan fingerprint density at radius 1 is 1.20 bits per heavy atom. The van der Waals surface area contributed by atoms with E-state index < -0.39 is 5.60 Å². The number of allylic oxidation sites excluding steroid dienone is 4. The average molecular weight is 276 g/mol. The Labute approximate surface area is 123 Å². The van der Waals surface area contributed by atoms with Crippen LogP contribution in [-0.2, 0) is 4.89 Å². The fourth-order valence-corrected chi connectivity index (χ4v) is 3.46. The van der Waals surface area contributed by atoms with Crippen molar-refractivity contribution >= 4 is 0 Å². The Kier molecular flexibility index (Phi) is 4.87. The molecule has 2 nitrogen and oxygen atoms in total. The lowest BCUT2D eigenvalue weighted by molar-refractivity contribution is -0.313. The van der Waals surface area contributed by atoms with Gasteiger partial charge >= 0.3 is 0 Å². The quantitative estimate of drug-likeness (QED) is 0.423. The van der Waals surface area contributed by atoms with E-state index in [0.29, 0.717) is 5.92 Å². The second kappa shape index (κ2) is 6.28. The zero-order valence-electron chi connectivity index (χ0n) is 13.3. The first-order valence-electron chi connectivity index (χ1n) is 7.80. The predicted octanol–water partition coefficient (Wildman–Crippen LogP) is 5.43. The number of hydrogen-bond donors (Lipinski definition) is 1. The van der Waals surface area contributed by atoms with Gasteiger partial charge in [0.25, 0.3) is 0 Å². The van der Waals surface area contributed by atoms with Crippen molar-refractivity contribution in [3.8, 4) is 0 Å². The van der Waals surface area contributed by atoms with E-state index in [1.54, 1.807) is 0 Å². The number of rotatable bonds is 3. The molecule has 20 heavy (non-hydrogen) atoms. The second-order valence-corrected chi connectivity index (χ2v) is 6.67. The van der Waals surface area contributed by atoms with E-state index in [2.05, 4.69) is 39.8 Å². The first-order valence-corrected chi connectivity index (χ1v) is 7.80. The Morgan fingerprint density at radius 3 is 2.40 bits per heavy atom. The van der Waals surface area contributed by atoms with Crippen LogP contribution in [0.3, 0.4) is 0 Å². The van der Waals surface area contributed by atoms with Gasteiger partial charge in [-0.15, -0.1) is 0 Å². The topological polar surface area (TPSA) is 29.5 Å². The zero-order chi connectivity index (χ0) is 14.8. The van der Waals surface area contributed by atoms with Crippen LogP contribution in [0.2, 0.25) is 0 Å². The third kappa shape index (κ3) is 3.07. The molecule has 0 aromatic rings. The molecule has 2 unspecified atom stereocenters. The normalized spacial score (nSPS) is 32.4. The summed E-state index contributed by atoms with van der Waals surface area (Å²) in [5.74, 6) is 0.609. The van der Waals surface area contributed by atoms with Crippen molar-refractivity contribution < 1.29 is 10.1 Å². The van der Waals surface area contributed by atoms with Crippen molar-refractivity contribution in [2.45, 2.75) is 71.8 Å². The van der Waals surface area contributed by atoms with E-state index in [-0.39, 0.29) is 0 Å². The van der Waals surface area contributed by atoms with E-state index in [9.17, 15) is 5.26 Å². The smallest absolute Gasteiger partial charge is 0.128 e. The minimum Gasteiger partial charge on any atom is -0.251 e. The largest absolute Gasteiger partial charge is 0.251 e. The minimum absolute atomic E-state index is 0.486. The Hall–Kier alpha value is -0.860. The lowest BCUT2D eigenvalue weighted by atomic mass is 9.75. The third-order valence-corrected chi connectivity index (χ3v) is 5.40. The molecule has 0 radical (unpaired) electrons. The molecule has 0 fully saturated rings. The van der Waals surface area contributed by atoms with Crippen molar-refractivity contribution in [1.29, 1.82) is 0 Å². The van der Waals surface area contributed by atoms with Crippen LogP contribution in [0.25, 0.3) is 0 Å². The Morgan fingerprint density at radius 2 is 1.90 bits per heavy atom. The molecular weight excluding hydrogens is 248 g/mol. The van der Waals surface area contributed by atoms with Gasteiger partial charge < -0.3 is 0 Å². The van der Waals surface area contributed by atoms with Gasteiger partial charge in [0, 0.05) is 6.42 Å². The molecule has 0 saturated carbocycles. The van der Waals surface area contributed by atoms with Crippen molar-refractivity contribution in [2.24, 2.45) is 5.92 Å². The highest BCUT2D eigenvalue weighted by atomic mass is 17.1. The van der Waals surface area contributed by atoms with Gasteiger partial charge in [0.05, 0.1) is 0 Å². The molecule has 2 atom stereocenters. The minimum atomic E-state index is -0.486. The highest BCUT2D eigenvalue weighted by Crippen LogP contribution is 2.40. The van der Waals surface area contributed by atoms with Gasteiger partial charge in [0.2, 0.25) is 0 Å². The van der Waals surface area contributed by atoms with Crippen LogP contribution in [0.15, 0.2) is 34.4 Å². The van der Waals surface area contributed by atoms with E-state index >= 15 is 0 Å². The Bertz CT molecular complexity index is 456. The second-order valence-electron chi connectivity index (χ2n) is 6.67. The summed E-state index contributed by atoms with van der Waals surface area (Å²) in [4.78, 5) is 5.00. The lowest BCUT2D eigenvalue weighted by Gasteiger charge is -2.36. The van der Waals surface area contributed by atoms with Gasteiger partial charge in [-0.2, -0.15) is 0 Å². The molecule has 0 aliphatic heterocycles. The molecule has 0 amide bonds. The van der Waals surface area contributed by atoms with E-state index in [4.69, 9.17) is 4.89 Å². The van der Waals surface area contributed by atoms with E-state index in [1.165, 1.54) is 35.1 Å². The maximum atomic E-state index is 9.51. The molecule has 1 N–H and O–H groups in total. The van der Waals surface area contributed by atoms with Crippen molar-refractivity contribution in [2.75, 3.05) is 0 Å². The van der Waals surface area contributed by atoms with Crippen LogP contribution in [-0.4, -0.2) is 10.9 Å². The van der Waals surface area contributed by atoms with Gasteiger partial charge in [0.15, 0.2) is 0 Å². The monoisotopic (exact) mass is 276 g/mol. The van der Waals surface area contributed by atoms with Gasteiger partial charge in [-0.25, -0.2) is 4.89 Å². The molecule has 112 valence electrons. The third-order valence-electron chi connectivity index (χ3n) is 5.40. The molecule has 0 heterocycles. The molecule has 0 bridgehead atoms. The molecule has 0 spiro atoms. The summed E-state index contributed by atoms with van der Waals surface area (Å²) in [5, 5.41) is 9.51.